The van der Waals surface area contributed by atoms with Gasteiger partial charge >= 0.3 is 11.9 Å². The van der Waals surface area contributed by atoms with Gasteiger partial charge in [0.15, 0.2) is 17.2 Å². The molecule has 0 N–H and O–H groups in total. The highest BCUT2D eigenvalue weighted by molar-refractivity contribution is 6.12. The van der Waals surface area contributed by atoms with Crippen LogP contribution in [0.15, 0.2) is 53.2 Å². The van der Waals surface area contributed by atoms with Crippen LogP contribution in [0.1, 0.15) is 25.0 Å². The Bertz CT molecular complexity index is 959. The number of benzene rings is 2. The van der Waals surface area contributed by atoms with Crippen molar-refractivity contribution in [2.45, 2.75) is 13.8 Å². The molecule has 2 aromatic rings. The summed E-state index contributed by atoms with van der Waals surface area (Å²) >= 11 is 0. The molecule has 3 rings (SSSR count). The fourth-order valence-corrected chi connectivity index (χ4v) is 2.56. The van der Waals surface area contributed by atoms with Crippen molar-refractivity contribution in [3.63, 3.8) is 0 Å². The van der Waals surface area contributed by atoms with E-state index in [-0.39, 0.29) is 11.6 Å². The number of carbonyl (C=O) groups excluding carboxylic acids is 2. The van der Waals surface area contributed by atoms with Gasteiger partial charge in [-0.2, -0.15) is 0 Å². The summed E-state index contributed by atoms with van der Waals surface area (Å²) in [6, 6.07) is 12.0. The Labute approximate surface area is 162 Å². The predicted molar refractivity (Wildman–Crippen MR) is 103 cm³/mol. The average Bonchev–Trinajstić information content (AvgIpc) is 3.04. The number of cyclic esters (lactones) is 1. The molecule has 0 atom stereocenters. The van der Waals surface area contributed by atoms with Crippen LogP contribution in [-0.2, 0) is 14.3 Å². The molecule has 0 aromatic heterocycles. The standard InChI is InChI=1S/C21H19NO6/c1-4-26-16-8-6-15(7-9-16)20-22-17(21(24)28-20)11-14-5-10-18(27-13(2)23)19(12-14)25-3/h5-12H,4H2,1-3H3/b17-11-. The van der Waals surface area contributed by atoms with Gasteiger partial charge in [0.25, 0.3) is 0 Å². The lowest BCUT2D eigenvalue weighted by Gasteiger charge is -2.08. The molecule has 144 valence electrons. The number of hydrogen-bond donors (Lipinski definition) is 0. The first-order chi connectivity index (χ1) is 13.5. The van der Waals surface area contributed by atoms with Crippen LogP contribution in [0, 0.1) is 0 Å². The number of aliphatic imine (C=N–C) groups is 1. The van der Waals surface area contributed by atoms with E-state index in [1.54, 1.807) is 48.5 Å². The highest BCUT2D eigenvalue weighted by atomic mass is 16.6. The third-order valence-electron chi connectivity index (χ3n) is 3.78. The molecule has 0 spiro atoms. The summed E-state index contributed by atoms with van der Waals surface area (Å²) in [7, 11) is 1.46. The van der Waals surface area contributed by atoms with E-state index < -0.39 is 11.9 Å². The largest absolute Gasteiger partial charge is 0.494 e. The lowest BCUT2D eigenvalue weighted by molar-refractivity contribution is -0.132. The van der Waals surface area contributed by atoms with Crippen molar-refractivity contribution in [2.24, 2.45) is 4.99 Å². The van der Waals surface area contributed by atoms with Crippen molar-refractivity contribution in [3.05, 3.63) is 59.3 Å². The Balaban J connectivity index is 1.85. The Morgan fingerprint density at radius 1 is 1.14 bits per heavy atom. The van der Waals surface area contributed by atoms with Crippen LogP contribution in [0.2, 0.25) is 0 Å². The van der Waals surface area contributed by atoms with Crippen LogP contribution >= 0.6 is 0 Å². The van der Waals surface area contributed by atoms with E-state index in [1.807, 2.05) is 6.92 Å². The molecule has 0 saturated carbocycles. The van der Waals surface area contributed by atoms with Crippen LogP contribution in [0.4, 0.5) is 0 Å². The number of methoxy groups -OCH3 is 1. The predicted octanol–water partition coefficient (Wildman–Crippen LogP) is 3.36. The molecule has 1 heterocycles. The molecule has 1 aliphatic heterocycles. The number of carbonyl (C=O) groups is 2. The second-order valence-electron chi connectivity index (χ2n) is 5.80. The molecule has 0 amide bonds. The van der Waals surface area contributed by atoms with Crippen LogP contribution in [0.3, 0.4) is 0 Å². The molecule has 7 nitrogen and oxygen atoms in total. The average molecular weight is 381 g/mol. The van der Waals surface area contributed by atoms with Crippen LogP contribution < -0.4 is 14.2 Å². The zero-order chi connectivity index (χ0) is 20.1. The van der Waals surface area contributed by atoms with Gasteiger partial charge in [0.2, 0.25) is 5.90 Å². The van der Waals surface area contributed by atoms with Crippen molar-refractivity contribution in [1.82, 2.24) is 0 Å². The first kappa shape index (κ1) is 19.2. The maximum atomic E-state index is 12.2. The van der Waals surface area contributed by atoms with Gasteiger partial charge in [-0.05, 0) is 55.0 Å². The van der Waals surface area contributed by atoms with Crippen LogP contribution in [-0.4, -0.2) is 31.6 Å². The normalized spacial score (nSPS) is 14.5. The smallest absolute Gasteiger partial charge is 0.363 e. The summed E-state index contributed by atoms with van der Waals surface area (Å²) in [6.07, 6.45) is 1.57. The molecular formula is C21H19NO6. The topological polar surface area (TPSA) is 83.4 Å². The van der Waals surface area contributed by atoms with E-state index in [4.69, 9.17) is 18.9 Å². The van der Waals surface area contributed by atoms with Crippen LogP contribution in [0.25, 0.3) is 6.08 Å². The van der Waals surface area contributed by atoms with E-state index in [1.165, 1.54) is 14.0 Å². The van der Waals surface area contributed by atoms with Gasteiger partial charge < -0.3 is 18.9 Å². The van der Waals surface area contributed by atoms with E-state index >= 15 is 0 Å². The zero-order valence-corrected chi connectivity index (χ0v) is 15.7. The molecule has 7 heteroatoms. The third kappa shape index (κ3) is 4.37. The minimum atomic E-state index is -0.549. The summed E-state index contributed by atoms with van der Waals surface area (Å²) in [6.45, 7) is 3.78. The summed E-state index contributed by atoms with van der Waals surface area (Å²) in [4.78, 5) is 27.6. The Kier molecular flexibility index (Phi) is 5.74. The lowest BCUT2D eigenvalue weighted by Crippen LogP contribution is -2.05. The van der Waals surface area contributed by atoms with Crippen LogP contribution in [0.5, 0.6) is 17.2 Å². The molecular weight excluding hydrogens is 362 g/mol. The highest BCUT2D eigenvalue weighted by Crippen LogP contribution is 2.30. The quantitative estimate of drug-likeness (QED) is 0.433. The molecule has 0 radical (unpaired) electrons. The number of esters is 2. The fourth-order valence-electron chi connectivity index (χ4n) is 2.56. The Morgan fingerprint density at radius 3 is 2.54 bits per heavy atom. The first-order valence-electron chi connectivity index (χ1n) is 8.62. The number of hydrogen-bond acceptors (Lipinski definition) is 7. The molecule has 0 aliphatic carbocycles. The Hall–Kier alpha value is -3.61. The van der Waals surface area contributed by atoms with Gasteiger partial charge in [0, 0.05) is 12.5 Å². The first-order valence-corrected chi connectivity index (χ1v) is 8.62. The third-order valence-corrected chi connectivity index (χ3v) is 3.78. The Morgan fingerprint density at radius 2 is 1.89 bits per heavy atom. The SMILES string of the molecule is CCOc1ccc(C2=N/C(=C\c3ccc(OC(C)=O)c(OC)c3)C(=O)O2)cc1. The van der Waals surface area contributed by atoms with E-state index in [2.05, 4.69) is 4.99 Å². The molecule has 0 fully saturated rings. The van der Waals surface area contributed by atoms with Crippen molar-refractivity contribution < 1.29 is 28.5 Å². The summed E-state index contributed by atoms with van der Waals surface area (Å²) in [5.74, 6) is 0.617. The van der Waals surface area contributed by atoms with E-state index in [9.17, 15) is 9.59 Å². The monoisotopic (exact) mass is 381 g/mol. The molecule has 1 aliphatic rings. The minimum absolute atomic E-state index is 0.158. The summed E-state index contributed by atoms with van der Waals surface area (Å²) < 4.78 is 21.0. The second kappa shape index (κ2) is 8.39. The van der Waals surface area contributed by atoms with Gasteiger partial charge in [0.05, 0.1) is 13.7 Å². The van der Waals surface area contributed by atoms with Crippen molar-refractivity contribution >= 4 is 23.9 Å². The van der Waals surface area contributed by atoms with Crippen molar-refractivity contribution in [1.29, 1.82) is 0 Å². The molecule has 0 bridgehead atoms. The fraction of sp³-hybridized carbons (Fsp3) is 0.190. The van der Waals surface area contributed by atoms with Gasteiger partial charge in [-0.25, -0.2) is 9.79 Å². The van der Waals surface area contributed by atoms with Crippen molar-refractivity contribution in [2.75, 3.05) is 13.7 Å². The molecule has 0 unspecified atom stereocenters. The number of ether oxygens (including phenoxy) is 4. The van der Waals surface area contributed by atoms with Gasteiger partial charge in [0.1, 0.15) is 5.75 Å². The zero-order valence-electron chi connectivity index (χ0n) is 15.7. The maximum Gasteiger partial charge on any atom is 0.363 e. The van der Waals surface area contributed by atoms with E-state index in [0.29, 0.717) is 29.2 Å². The maximum absolute atomic E-state index is 12.2. The second-order valence-corrected chi connectivity index (χ2v) is 5.80. The van der Waals surface area contributed by atoms with Gasteiger partial charge in [-0.1, -0.05) is 6.07 Å². The minimum Gasteiger partial charge on any atom is -0.494 e. The van der Waals surface area contributed by atoms with Gasteiger partial charge in [-0.3, -0.25) is 4.79 Å². The highest BCUT2D eigenvalue weighted by Gasteiger charge is 2.24. The van der Waals surface area contributed by atoms with Gasteiger partial charge in [-0.15, -0.1) is 0 Å². The molecule has 28 heavy (non-hydrogen) atoms. The number of rotatable bonds is 6. The number of nitrogens with zero attached hydrogens (tertiary/aromatic N) is 1. The summed E-state index contributed by atoms with van der Waals surface area (Å²) in [5, 5.41) is 0. The van der Waals surface area contributed by atoms with E-state index in [0.717, 1.165) is 5.75 Å². The lowest BCUT2D eigenvalue weighted by atomic mass is 10.1. The molecule has 0 saturated heterocycles. The van der Waals surface area contributed by atoms with Crippen molar-refractivity contribution in [3.8, 4) is 17.2 Å². The molecule has 2 aromatic carbocycles. The summed E-state index contributed by atoms with van der Waals surface area (Å²) in [5.41, 5.74) is 1.48.